The van der Waals surface area contributed by atoms with Crippen molar-refractivity contribution in [1.29, 1.82) is 0 Å². The maximum absolute atomic E-state index is 5.36. The number of aromatic nitrogens is 2. The van der Waals surface area contributed by atoms with Gasteiger partial charge in [-0.05, 0) is 12.1 Å². The highest BCUT2D eigenvalue weighted by Gasteiger charge is 2.12. The van der Waals surface area contributed by atoms with Crippen molar-refractivity contribution in [2.75, 3.05) is 12.5 Å². The molecule has 0 aliphatic rings. The van der Waals surface area contributed by atoms with Crippen LogP contribution in [0.5, 0.6) is 5.75 Å². The second-order valence-corrected chi connectivity index (χ2v) is 4.18. The topological polar surface area (TPSA) is 73.1 Å². The maximum Gasteiger partial charge on any atom is 0.195 e. The van der Waals surface area contributed by atoms with E-state index in [0.717, 1.165) is 9.92 Å². The van der Waals surface area contributed by atoms with Crippen LogP contribution in [0.25, 0.3) is 0 Å². The Labute approximate surface area is 103 Å². The molecular formula is C11H12N4OS. The molecule has 2 rings (SSSR count). The maximum atomic E-state index is 5.36. The second kappa shape index (κ2) is 5.51. The van der Waals surface area contributed by atoms with Crippen LogP contribution in [0.4, 0.5) is 5.82 Å². The van der Waals surface area contributed by atoms with Gasteiger partial charge in [0.25, 0.3) is 0 Å². The highest BCUT2D eigenvalue weighted by molar-refractivity contribution is 7.99. The lowest BCUT2D eigenvalue weighted by Crippen LogP contribution is -2.10. The summed E-state index contributed by atoms with van der Waals surface area (Å²) in [6, 6.07) is 9.91. The van der Waals surface area contributed by atoms with Crippen LogP contribution in [0.15, 0.2) is 46.6 Å². The van der Waals surface area contributed by atoms with Crippen molar-refractivity contribution in [3.63, 3.8) is 0 Å². The molecule has 88 valence electrons. The largest absolute Gasteiger partial charge is 0.490 e. The van der Waals surface area contributed by atoms with Crippen LogP contribution in [0.2, 0.25) is 0 Å². The Balaban J connectivity index is 2.33. The summed E-state index contributed by atoms with van der Waals surface area (Å²) >= 11 is 1.50. The number of nitrogen functional groups attached to an aromatic ring is 1. The summed E-state index contributed by atoms with van der Waals surface area (Å²) in [5, 5.41) is 0.724. The van der Waals surface area contributed by atoms with Crippen LogP contribution >= 0.6 is 11.8 Å². The Bertz CT molecular complexity index is 492. The molecule has 5 nitrogen and oxygen atoms in total. The summed E-state index contributed by atoms with van der Waals surface area (Å²) in [5.74, 6) is 6.38. The minimum atomic E-state index is 0.473. The SMILES string of the molecule is COc1c(NN)ncnc1Sc1ccccc1. The number of ether oxygens (including phenoxy) is 1. The molecule has 0 radical (unpaired) electrons. The molecule has 0 aliphatic carbocycles. The third-order valence-corrected chi connectivity index (χ3v) is 3.06. The summed E-state index contributed by atoms with van der Waals surface area (Å²) in [6.07, 6.45) is 1.45. The van der Waals surface area contributed by atoms with E-state index in [1.54, 1.807) is 7.11 Å². The first kappa shape index (κ1) is 11.7. The fourth-order valence-electron chi connectivity index (χ4n) is 1.32. The Kier molecular flexibility index (Phi) is 3.79. The molecule has 0 unspecified atom stereocenters. The quantitative estimate of drug-likeness (QED) is 0.489. The molecule has 0 aliphatic heterocycles. The van der Waals surface area contributed by atoms with Crippen LogP contribution in [0, 0.1) is 0 Å². The normalized spacial score (nSPS) is 10.0. The van der Waals surface area contributed by atoms with Gasteiger partial charge in [-0.15, -0.1) is 0 Å². The van der Waals surface area contributed by atoms with Gasteiger partial charge in [0.2, 0.25) is 0 Å². The Morgan fingerprint density at radius 1 is 1.24 bits per heavy atom. The van der Waals surface area contributed by atoms with Crippen molar-refractivity contribution >= 4 is 17.6 Å². The van der Waals surface area contributed by atoms with Crippen molar-refractivity contribution in [1.82, 2.24) is 9.97 Å². The molecule has 6 heteroatoms. The van der Waals surface area contributed by atoms with Gasteiger partial charge >= 0.3 is 0 Å². The van der Waals surface area contributed by atoms with E-state index < -0.39 is 0 Å². The van der Waals surface area contributed by atoms with E-state index in [-0.39, 0.29) is 0 Å². The summed E-state index contributed by atoms with van der Waals surface area (Å²) in [4.78, 5) is 9.25. The molecular weight excluding hydrogens is 236 g/mol. The third-order valence-electron chi connectivity index (χ3n) is 2.07. The van der Waals surface area contributed by atoms with Crippen molar-refractivity contribution < 1.29 is 4.74 Å². The van der Waals surface area contributed by atoms with E-state index >= 15 is 0 Å². The number of anilines is 1. The van der Waals surface area contributed by atoms with E-state index in [2.05, 4.69) is 15.4 Å². The van der Waals surface area contributed by atoms with Crippen molar-refractivity contribution in [3.05, 3.63) is 36.7 Å². The predicted molar refractivity (Wildman–Crippen MR) is 67.0 cm³/mol. The van der Waals surface area contributed by atoms with E-state index in [4.69, 9.17) is 10.6 Å². The van der Waals surface area contributed by atoms with Gasteiger partial charge in [0.1, 0.15) is 11.4 Å². The molecule has 0 saturated heterocycles. The number of hydrogen-bond donors (Lipinski definition) is 2. The summed E-state index contributed by atoms with van der Waals surface area (Å²) in [5.41, 5.74) is 2.48. The molecule has 0 atom stereocenters. The summed E-state index contributed by atoms with van der Waals surface area (Å²) < 4.78 is 5.25. The van der Waals surface area contributed by atoms with Gasteiger partial charge in [0.15, 0.2) is 11.6 Å². The van der Waals surface area contributed by atoms with Gasteiger partial charge < -0.3 is 10.2 Å². The molecule has 17 heavy (non-hydrogen) atoms. The van der Waals surface area contributed by atoms with Gasteiger partial charge in [-0.3, -0.25) is 0 Å². The Hall–Kier alpha value is -1.79. The van der Waals surface area contributed by atoms with Crippen LogP contribution in [-0.4, -0.2) is 17.1 Å². The molecule has 1 aromatic carbocycles. The highest BCUT2D eigenvalue weighted by Crippen LogP contribution is 2.35. The fraction of sp³-hybridized carbons (Fsp3) is 0.0909. The Morgan fingerprint density at radius 3 is 2.65 bits per heavy atom. The van der Waals surface area contributed by atoms with Crippen LogP contribution in [0.1, 0.15) is 0 Å². The standard InChI is InChI=1S/C11H12N4OS/c1-16-9-10(15-12)13-7-14-11(9)17-8-5-3-2-4-6-8/h2-7H,12H2,1H3,(H,13,14,15). The third kappa shape index (κ3) is 2.66. The molecule has 3 N–H and O–H groups in total. The number of nitrogens with one attached hydrogen (secondary N) is 1. The number of hydrazine groups is 1. The lowest BCUT2D eigenvalue weighted by Gasteiger charge is -2.10. The van der Waals surface area contributed by atoms with Gasteiger partial charge in [0.05, 0.1) is 7.11 Å². The minimum absolute atomic E-state index is 0.473. The molecule has 0 amide bonds. The van der Waals surface area contributed by atoms with Gasteiger partial charge in [0, 0.05) is 4.90 Å². The number of nitrogens with zero attached hydrogens (tertiary/aromatic N) is 2. The molecule has 0 fully saturated rings. The van der Waals surface area contributed by atoms with Crippen LogP contribution in [0.3, 0.4) is 0 Å². The van der Waals surface area contributed by atoms with E-state index in [0.29, 0.717) is 11.6 Å². The number of nitrogens with two attached hydrogens (primary N) is 1. The first-order chi connectivity index (χ1) is 8.35. The number of methoxy groups -OCH3 is 1. The summed E-state index contributed by atoms with van der Waals surface area (Å²) in [7, 11) is 1.56. The highest BCUT2D eigenvalue weighted by atomic mass is 32.2. The second-order valence-electron chi connectivity index (χ2n) is 3.12. The molecule has 0 spiro atoms. The average Bonchev–Trinajstić information content (AvgIpc) is 2.39. The fourth-order valence-corrected chi connectivity index (χ4v) is 2.21. The number of rotatable bonds is 4. The monoisotopic (exact) mass is 248 g/mol. The van der Waals surface area contributed by atoms with Crippen LogP contribution < -0.4 is 16.0 Å². The van der Waals surface area contributed by atoms with Gasteiger partial charge in [-0.1, -0.05) is 30.0 Å². The molecule has 2 aromatic rings. The van der Waals surface area contributed by atoms with E-state index in [1.807, 2.05) is 30.3 Å². The van der Waals surface area contributed by atoms with Crippen molar-refractivity contribution in [2.45, 2.75) is 9.92 Å². The molecule has 1 heterocycles. The Morgan fingerprint density at radius 2 is 2.00 bits per heavy atom. The average molecular weight is 248 g/mol. The number of benzene rings is 1. The molecule has 0 saturated carbocycles. The lowest BCUT2D eigenvalue weighted by atomic mass is 10.4. The predicted octanol–water partition coefficient (Wildman–Crippen LogP) is 1.92. The molecule has 1 aromatic heterocycles. The summed E-state index contributed by atoms with van der Waals surface area (Å²) in [6.45, 7) is 0. The zero-order valence-electron chi connectivity index (χ0n) is 9.25. The zero-order valence-corrected chi connectivity index (χ0v) is 10.1. The minimum Gasteiger partial charge on any atom is -0.490 e. The van der Waals surface area contributed by atoms with E-state index in [1.165, 1.54) is 18.1 Å². The van der Waals surface area contributed by atoms with Crippen molar-refractivity contribution in [3.8, 4) is 5.75 Å². The first-order valence-corrected chi connectivity index (χ1v) is 5.75. The molecule has 0 bridgehead atoms. The van der Waals surface area contributed by atoms with Crippen molar-refractivity contribution in [2.24, 2.45) is 5.84 Å². The van der Waals surface area contributed by atoms with Crippen LogP contribution in [-0.2, 0) is 0 Å². The first-order valence-electron chi connectivity index (χ1n) is 4.93. The lowest BCUT2D eigenvalue weighted by molar-refractivity contribution is 0.400. The van der Waals surface area contributed by atoms with E-state index in [9.17, 15) is 0 Å². The number of hydrogen-bond acceptors (Lipinski definition) is 6. The smallest absolute Gasteiger partial charge is 0.195 e. The van der Waals surface area contributed by atoms with Gasteiger partial charge in [-0.2, -0.15) is 0 Å². The zero-order chi connectivity index (χ0) is 12.1. The van der Waals surface area contributed by atoms with Gasteiger partial charge in [-0.25, -0.2) is 15.8 Å².